The van der Waals surface area contributed by atoms with Gasteiger partial charge < -0.3 is 10.1 Å². The fraction of sp³-hybridized carbons (Fsp3) is 0.308. The van der Waals surface area contributed by atoms with Crippen LogP contribution >= 0.6 is 23.4 Å². The Bertz CT molecular complexity index is 600. The Morgan fingerprint density at radius 1 is 1.65 bits per heavy atom. The Hall–Kier alpha value is -1.71. The molecule has 1 heterocycles. The summed E-state index contributed by atoms with van der Waals surface area (Å²) < 4.78 is 4.84. The predicted molar refractivity (Wildman–Crippen MR) is 75.5 cm³/mol. The molecule has 1 aromatic carbocycles. The monoisotopic (exact) mass is 310 g/mol. The number of hydrogen-bond acceptors (Lipinski definition) is 5. The van der Waals surface area contributed by atoms with E-state index in [1.807, 2.05) is 0 Å². The van der Waals surface area contributed by atoms with Crippen molar-refractivity contribution >= 4 is 40.9 Å². The molecule has 1 N–H and O–H groups in total. The molecule has 0 fully saturated rings. The van der Waals surface area contributed by atoms with E-state index in [0.29, 0.717) is 10.7 Å². The third kappa shape index (κ3) is 3.44. The summed E-state index contributed by atoms with van der Waals surface area (Å²) in [6.07, 6.45) is -0.893. The summed E-state index contributed by atoms with van der Waals surface area (Å²) in [5, 5.41) is 11.2. The molecule has 0 saturated carbocycles. The van der Waals surface area contributed by atoms with Gasteiger partial charge in [0.25, 0.3) is 0 Å². The molecule has 0 aromatic heterocycles. The number of anilines is 1. The normalized spacial score (nSPS) is 18.4. The summed E-state index contributed by atoms with van der Waals surface area (Å²) in [6.45, 7) is 1.48. The molecule has 0 bridgehead atoms. The second-order valence-corrected chi connectivity index (χ2v) is 5.88. The summed E-state index contributed by atoms with van der Waals surface area (Å²) in [6, 6.07) is 6.97. The lowest BCUT2D eigenvalue weighted by Gasteiger charge is -2.23. The molecule has 0 aliphatic carbocycles. The molecular formula is C13H11ClN2O3S. The summed E-state index contributed by atoms with van der Waals surface area (Å²) >= 11 is 7.14. The van der Waals surface area contributed by atoms with Crippen molar-refractivity contribution in [1.29, 1.82) is 5.26 Å². The van der Waals surface area contributed by atoms with Crippen molar-refractivity contribution in [2.75, 3.05) is 5.32 Å². The van der Waals surface area contributed by atoms with Gasteiger partial charge >= 0.3 is 5.97 Å². The van der Waals surface area contributed by atoms with Gasteiger partial charge in [0.15, 0.2) is 6.10 Å². The number of esters is 1. The fourth-order valence-electron chi connectivity index (χ4n) is 1.68. The molecule has 0 saturated heterocycles. The number of nitrogens with one attached hydrogen (secondary N) is 1. The van der Waals surface area contributed by atoms with Crippen LogP contribution in [0.25, 0.3) is 0 Å². The van der Waals surface area contributed by atoms with Gasteiger partial charge in [-0.15, -0.1) is 11.8 Å². The highest BCUT2D eigenvalue weighted by molar-refractivity contribution is 8.01. The Balaban J connectivity index is 2.05. The van der Waals surface area contributed by atoms with Crippen molar-refractivity contribution in [2.24, 2.45) is 0 Å². The van der Waals surface area contributed by atoms with Crippen LogP contribution in [0.15, 0.2) is 23.1 Å². The fourth-order valence-corrected chi connectivity index (χ4v) is 2.93. The first kappa shape index (κ1) is 14.7. The van der Waals surface area contributed by atoms with Crippen LogP contribution in [0.5, 0.6) is 0 Å². The third-order valence-electron chi connectivity index (χ3n) is 2.60. The zero-order chi connectivity index (χ0) is 14.7. The predicted octanol–water partition coefficient (Wildman–Crippen LogP) is 2.60. The number of ether oxygens (including phenoxy) is 1. The number of hydrogen-bond donors (Lipinski definition) is 1. The van der Waals surface area contributed by atoms with E-state index in [4.69, 9.17) is 21.6 Å². The van der Waals surface area contributed by atoms with Gasteiger partial charge in [0, 0.05) is 9.92 Å². The van der Waals surface area contributed by atoms with Gasteiger partial charge in [-0.25, -0.2) is 0 Å². The van der Waals surface area contributed by atoms with Gasteiger partial charge in [-0.1, -0.05) is 11.6 Å². The molecule has 1 amide bonds. The minimum atomic E-state index is -0.815. The van der Waals surface area contributed by atoms with E-state index in [1.165, 1.54) is 18.7 Å². The Morgan fingerprint density at radius 2 is 2.40 bits per heavy atom. The highest BCUT2D eigenvalue weighted by Gasteiger charge is 2.30. The smallest absolute Gasteiger partial charge is 0.308 e. The van der Waals surface area contributed by atoms with E-state index >= 15 is 0 Å². The van der Waals surface area contributed by atoms with Crippen molar-refractivity contribution in [1.82, 2.24) is 0 Å². The third-order valence-corrected chi connectivity index (χ3v) is 4.11. The maximum atomic E-state index is 11.9. The van der Waals surface area contributed by atoms with Crippen LogP contribution in [0.1, 0.15) is 13.3 Å². The minimum Gasteiger partial charge on any atom is -0.447 e. The van der Waals surface area contributed by atoms with Crippen LogP contribution < -0.4 is 5.32 Å². The molecule has 2 atom stereocenters. The first-order valence-electron chi connectivity index (χ1n) is 5.86. The average molecular weight is 311 g/mol. The van der Waals surface area contributed by atoms with Gasteiger partial charge in [-0.2, -0.15) is 5.26 Å². The highest BCUT2D eigenvalue weighted by atomic mass is 35.5. The van der Waals surface area contributed by atoms with Crippen molar-refractivity contribution in [3.63, 3.8) is 0 Å². The van der Waals surface area contributed by atoms with Gasteiger partial charge in [-0.05, 0) is 25.1 Å². The van der Waals surface area contributed by atoms with E-state index in [1.54, 1.807) is 24.3 Å². The molecule has 1 aromatic rings. The van der Waals surface area contributed by atoms with E-state index in [0.717, 1.165) is 4.90 Å². The van der Waals surface area contributed by atoms with E-state index in [-0.39, 0.29) is 12.3 Å². The number of benzene rings is 1. The molecule has 5 nitrogen and oxygen atoms in total. The number of carbonyl (C=O) groups is 2. The lowest BCUT2D eigenvalue weighted by molar-refractivity contribution is -0.146. The zero-order valence-electron chi connectivity index (χ0n) is 10.6. The van der Waals surface area contributed by atoms with E-state index in [9.17, 15) is 9.59 Å². The van der Waals surface area contributed by atoms with Gasteiger partial charge in [0.05, 0.1) is 17.4 Å². The largest absolute Gasteiger partial charge is 0.447 e. The summed E-state index contributed by atoms with van der Waals surface area (Å²) in [4.78, 5) is 24.4. The molecule has 1 aliphatic heterocycles. The minimum absolute atomic E-state index is 0.0788. The van der Waals surface area contributed by atoms with Crippen LogP contribution in [-0.2, 0) is 14.3 Å². The number of rotatable bonds is 3. The Labute approximate surface area is 125 Å². The maximum absolute atomic E-state index is 11.9. The molecule has 20 heavy (non-hydrogen) atoms. The molecule has 7 heteroatoms. The van der Waals surface area contributed by atoms with Crippen LogP contribution in [0, 0.1) is 11.3 Å². The van der Waals surface area contributed by atoms with E-state index in [2.05, 4.69) is 5.32 Å². The quantitative estimate of drug-likeness (QED) is 0.868. The number of nitrogens with zero attached hydrogens (tertiary/aromatic N) is 1. The molecule has 0 radical (unpaired) electrons. The van der Waals surface area contributed by atoms with E-state index < -0.39 is 17.3 Å². The number of amides is 1. The second kappa shape index (κ2) is 6.16. The SMILES string of the molecule is C[C@@H](C#N)OC(=O)C[C@@H]1Sc2ccc(Cl)cc2NC1=O. The first-order chi connectivity index (χ1) is 9.49. The lowest BCUT2D eigenvalue weighted by atomic mass is 10.2. The standard InChI is InChI=1S/C13H11ClN2O3S/c1-7(6-15)19-12(17)5-11-13(18)16-9-4-8(14)2-3-10(9)20-11/h2-4,7,11H,5H2,1H3,(H,16,18)/t7-,11-/m0/s1. The Morgan fingerprint density at radius 3 is 3.10 bits per heavy atom. The molecular weight excluding hydrogens is 300 g/mol. The Kier molecular flexibility index (Phi) is 4.53. The van der Waals surface area contributed by atoms with Crippen LogP contribution in [0.2, 0.25) is 5.02 Å². The summed E-state index contributed by atoms with van der Waals surface area (Å²) in [7, 11) is 0. The van der Waals surface area contributed by atoms with Crippen LogP contribution in [0.4, 0.5) is 5.69 Å². The summed E-state index contributed by atoms with van der Waals surface area (Å²) in [5.74, 6) is -0.838. The van der Waals surface area contributed by atoms with Crippen molar-refractivity contribution in [3.8, 4) is 6.07 Å². The highest BCUT2D eigenvalue weighted by Crippen LogP contribution is 2.38. The van der Waals surface area contributed by atoms with Crippen LogP contribution in [-0.4, -0.2) is 23.2 Å². The lowest BCUT2D eigenvalue weighted by Crippen LogP contribution is -2.32. The number of fused-ring (bicyclic) bond motifs is 1. The van der Waals surface area contributed by atoms with Gasteiger partial charge in [0.1, 0.15) is 6.07 Å². The first-order valence-corrected chi connectivity index (χ1v) is 7.11. The topological polar surface area (TPSA) is 79.2 Å². The van der Waals surface area contributed by atoms with Gasteiger partial charge in [-0.3, -0.25) is 9.59 Å². The molecule has 1 aliphatic rings. The molecule has 0 unspecified atom stereocenters. The second-order valence-electron chi connectivity index (χ2n) is 4.20. The van der Waals surface area contributed by atoms with Crippen molar-refractivity contribution < 1.29 is 14.3 Å². The van der Waals surface area contributed by atoms with Gasteiger partial charge in [0.2, 0.25) is 5.91 Å². The number of thioether (sulfide) groups is 1. The molecule has 104 valence electrons. The van der Waals surface area contributed by atoms with Crippen LogP contribution in [0.3, 0.4) is 0 Å². The average Bonchev–Trinajstić information content (AvgIpc) is 2.39. The maximum Gasteiger partial charge on any atom is 0.308 e. The number of halogens is 1. The number of carbonyl (C=O) groups excluding carboxylic acids is 2. The molecule has 2 rings (SSSR count). The molecule has 0 spiro atoms. The zero-order valence-corrected chi connectivity index (χ0v) is 12.1. The van der Waals surface area contributed by atoms with Crippen molar-refractivity contribution in [2.45, 2.75) is 29.6 Å². The summed E-state index contributed by atoms with van der Waals surface area (Å²) in [5.41, 5.74) is 0.641. The van der Waals surface area contributed by atoms with Crippen molar-refractivity contribution in [3.05, 3.63) is 23.2 Å². The number of nitriles is 1.